The van der Waals surface area contributed by atoms with E-state index in [2.05, 4.69) is 0 Å². The van der Waals surface area contributed by atoms with E-state index in [1.807, 2.05) is 0 Å². The Balaban J connectivity index is 2.17. The van der Waals surface area contributed by atoms with Crippen molar-refractivity contribution in [3.05, 3.63) is 29.8 Å². The molecular formula is C13H18F3NO3. The van der Waals surface area contributed by atoms with Gasteiger partial charge in [-0.3, -0.25) is 0 Å². The molecule has 114 valence electrons. The molecule has 0 saturated heterocycles. The smallest absolute Gasteiger partial charge is 0.391 e. The third-order valence-corrected chi connectivity index (χ3v) is 2.44. The maximum atomic E-state index is 11.8. The highest BCUT2D eigenvalue weighted by atomic mass is 19.4. The molecule has 0 aliphatic carbocycles. The molecule has 0 aliphatic rings. The molecule has 20 heavy (non-hydrogen) atoms. The van der Waals surface area contributed by atoms with Crippen LogP contribution in [-0.2, 0) is 11.3 Å². The minimum absolute atomic E-state index is 0.0476. The first kappa shape index (κ1) is 16.7. The zero-order valence-corrected chi connectivity index (χ0v) is 10.9. The van der Waals surface area contributed by atoms with Crippen molar-refractivity contribution >= 4 is 0 Å². The fraction of sp³-hybridized carbons (Fsp3) is 0.538. The van der Waals surface area contributed by atoms with Gasteiger partial charge in [-0.2, -0.15) is 13.2 Å². The zero-order chi connectivity index (χ0) is 15.0. The van der Waals surface area contributed by atoms with Crippen LogP contribution in [0.15, 0.2) is 24.3 Å². The maximum absolute atomic E-state index is 11.8. The summed E-state index contributed by atoms with van der Waals surface area (Å²) in [6, 6.07) is 7.00. The fourth-order valence-electron chi connectivity index (χ4n) is 1.37. The number of aliphatic hydroxyl groups is 1. The molecule has 0 spiro atoms. The van der Waals surface area contributed by atoms with Gasteiger partial charge >= 0.3 is 6.18 Å². The van der Waals surface area contributed by atoms with Gasteiger partial charge in [0.15, 0.2) is 0 Å². The van der Waals surface area contributed by atoms with Crippen molar-refractivity contribution < 1.29 is 27.8 Å². The van der Waals surface area contributed by atoms with Crippen LogP contribution in [0.1, 0.15) is 12.0 Å². The lowest BCUT2D eigenvalue weighted by Crippen LogP contribution is -2.24. The lowest BCUT2D eigenvalue weighted by Gasteiger charge is -2.13. The Morgan fingerprint density at radius 1 is 1.15 bits per heavy atom. The molecule has 0 amide bonds. The quantitative estimate of drug-likeness (QED) is 0.718. The summed E-state index contributed by atoms with van der Waals surface area (Å²) in [5, 5.41) is 9.49. The fourth-order valence-corrected chi connectivity index (χ4v) is 1.37. The molecule has 1 unspecified atom stereocenters. The molecule has 0 bridgehead atoms. The van der Waals surface area contributed by atoms with E-state index in [0.29, 0.717) is 12.3 Å². The number of hydrogen-bond acceptors (Lipinski definition) is 4. The van der Waals surface area contributed by atoms with Gasteiger partial charge in [0.05, 0.1) is 19.6 Å². The van der Waals surface area contributed by atoms with E-state index in [1.54, 1.807) is 24.3 Å². The highest BCUT2D eigenvalue weighted by molar-refractivity contribution is 5.27. The third kappa shape index (κ3) is 7.32. The molecule has 4 nitrogen and oxygen atoms in total. The van der Waals surface area contributed by atoms with Crippen molar-refractivity contribution in [1.82, 2.24) is 0 Å². The molecule has 3 N–H and O–H groups in total. The SMILES string of the molecule is NCc1ccc(OCC(O)COCCC(F)(F)F)cc1. The Morgan fingerprint density at radius 3 is 2.35 bits per heavy atom. The summed E-state index contributed by atoms with van der Waals surface area (Å²) in [6.45, 7) is -0.285. The largest absolute Gasteiger partial charge is 0.491 e. The Kier molecular flexibility index (Phi) is 6.77. The van der Waals surface area contributed by atoms with E-state index in [4.69, 9.17) is 15.2 Å². The van der Waals surface area contributed by atoms with E-state index >= 15 is 0 Å². The number of rotatable bonds is 8. The molecule has 1 rings (SSSR count). The van der Waals surface area contributed by atoms with E-state index < -0.39 is 25.3 Å². The Labute approximate surface area is 115 Å². The Bertz CT molecular complexity index is 381. The summed E-state index contributed by atoms with van der Waals surface area (Å²) >= 11 is 0. The van der Waals surface area contributed by atoms with Crippen LogP contribution in [0.2, 0.25) is 0 Å². The first-order valence-electron chi connectivity index (χ1n) is 6.15. The average molecular weight is 293 g/mol. The summed E-state index contributed by atoms with van der Waals surface area (Å²) in [5.74, 6) is 0.552. The summed E-state index contributed by atoms with van der Waals surface area (Å²) in [5.41, 5.74) is 6.40. The van der Waals surface area contributed by atoms with Gasteiger partial charge in [-0.25, -0.2) is 0 Å². The van der Waals surface area contributed by atoms with E-state index in [0.717, 1.165) is 5.56 Å². The van der Waals surface area contributed by atoms with Gasteiger partial charge in [0, 0.05) is 6.54 Å². The molecule has 0 saturated carbocycles. The van der Waals surface area contributed by atoms with Crippen LogP contribution in [-0.4, -0.2) is 37.2 Å². The van der Waals surface area contributed by atoms with Crippen LogP contribution in [0.4, 0.5) is 13.2 Å². The van der Waals surface area contributed by atoms with Gasteiger partial charge in [-0.15, -0.1) is 0 Å². The second-order valence-corrected chi connectivity index (χ2v) is 4.25. The highest BCUT2D eigenvalue weighted by Gasteiger charge is 2.26. The number of aliphatic hydroxyl groups excluding tert-OH is 1. The van der Waals surface area contributed by atoms with Crippen LogP contribution in [0, 0.1) is 0 Å². The van der Waals surface area contributed by atoms with Crippen LogP contribution < -0.4 is 10.5 Å². The number of benzene rings is 1. The Morgan fingerprint density at radius 2 is 1.80 bits per heavy atom. The highest BCUT2D eigenvalue weighted by Crippen LogP contribution is 2.19. The lowest BCUT2D eigenvalue weighted by atomic mass is 10.2. The van der Waals surface area contributed by atoms with Gasteiger partial charge in [0.2, 0.25) is 0 Å². The number of alkyl halides is 3. The first-order valence-corrected chi connectivity index (χ1v) is 6.15. The lowest BCUT2D eigenvalue weighted by molar-refractivity contribution is -0.147. The molecular weight excluding hydrogens is 275 g/mol. The predicted molar refractivity (Wildman–Crippen MR) is 67.3 cm³/mol. The molecule has 1 aromatic rings. The predicted octanol–water partition coefficient (Wildman–Crippen LogP) is 1.85. The van der Waals surface area contributed by atoms with Crippen molar-refractivity contribution in [2.45, 2.75) is 25.2 Å². The van der Waals surface area contributed by atoms with Crippen LogP contribution in [0.25, 0.3) is 0 Å². The van der Waals surface area contributed by atoms with Gasteiger partial charge < -0.3 is 20.3 Å². The summed E-state index contributed by atoms with van der Waals surface area (Å²) in [7, 11) is 0. The standard InChI is InChI=1S/C13H18F3NO3/c14-13(15,16)5-6-19-8-11(18)9-20-12-3-1-10(7-17)2-4-12/h1-4,11,18H,5-9,17H2. The minimum Gasteiger partial charge on any atom is -0.491 e. The summed E-state index contributed by atoms with van der Waals surface area (Å²) in [4.78, 5) is 0. The molecule has 0 aliphatic heterocycles. The van der Waals surface area contributed by atoms with Gasteiger partial charge in [0.25, 0.3) is 0 Å². The monoisotopic (exact) mass is 293 g/mol. The second kappa shape index (κ2) is 8.08. The Hall–Kier alpha value is -1.31. The summed E-state index contributed by atoms with van der Waals surface area (Å²) < 4.78 is 45.5. The minimum atomic E-state index is -4.24. The average Bonchev–Trinajstić information content (AvgIpc) is 2.41. The number of ether oxygens (including phenoxy) is 2. The number of halogens is 3. The zero-order valence-electron chi connectivity index (χ0n) is 10.9. The molecule has 0 radical (unpaired) electrons. The second-order valence-electron chi connectivity index (χ2n) is 4.25. The van der Waals surface area contributed by atoms with Crippen molar-refractivity contribution in [2.75, 3.05) is 19.8 Å². The molecule has 0 fully saturated rings. The van der Waals surface area contributed by atoms with Crippen molar-refractivity contribution in [3.8, 4) is 5.75 Å². The maximum Gasteiger partial charge on any atom is 0.391 e. The van der Waals surface area contributed by atoms with Crippen molar-refractivity contribution in [3.63, 3.8) is 0 Å². The normalized spacial score (nSPS) is 13.2. The van der Waals surface area contributed by atoms with Crippen LogP contribution in [0.3, 0.4) is 0 Å². The van der Waals surface area contributed by atoms with Crippen LogP contribution >= 0.6 is 0 Å². The molecule has 0 heterocycles. The van der Waals surface area contributed by atoms with Crippen LogP contribution in [0.5, 0.6) is 5.75 Å². The molecule has 1 aromatic carbocycles. The molecule has 1 atom stereocenters. The third-order valence-electron chi connectivity index (χ3n) is 2.44. The van der Waals surface area contributed by atoms with Gasteiger partial charge in [0.1, 0.15) is 18.5 Å². The van der Waals surface area contributed by atoms with Gasteiger partial charge in [-0.1, -0.05) is 12.1 Å². The summed E-state index contributed by atoms with van der Waals surface area (Å²) in [6.07, 6.45) is -6.25. The van der Waals surface area contributed by atoms with Crippen molar-refractivity contribution in [1.29, 1.82) is 0 Å². The number of nitrogens with two attached hydrogens (primary N) is 1. The molecule has 7 heteroatoms. The van der Waals surface area contributed by atoms with Gasteiger partial charge in [-0.05, 0) is 17.7 Å². The van der Waals surface area contributed by atoms with E-state index in [-0.39, 0.29) is 13.2 Å². The van der Waals surface area contributed by atoms with E-state index in [9.17, 15) is 18.3 Å². The molecule has 0 aromatic heterocycles. The van der Waals surface area contributed by atoms with Crippen molar-refractivity contribution in [2.24, 2.45) is 5.73 Å². The topological polar surface area (TPSA) is 64.7 Å². The first-order chi connectivity index (χ1) is 9.40. The van der Waals surface area contributed by atoms with E-state index in [1.165, 1.54) is 0 Å². The number of hydrogen-bond donors (Lipinski definition) is 2.